The second-order valence-corrected chi connectivity index (χ2v) is 4.83. The van der Waals surface area contributed by atoms with Crippen LogP contribution in [-0.4, -0.2) is 59.2 Å². The summed E-state index contributed by atoms with van der Waals surface area (Å²) >= 11 is 0. The van der Waals surface area contributed by atoms with Crippen LogP contribution in [-0.2, 0) is 0 Å². The number of piperazine rings is 1. The maximum atomic E-state index is 9.64. The third kappa shape index (κ3) is 2.83. The van der Waals surface area contributed by atoms with E-state index in [0.717, 1.165) is 25.2 Å². The average Bonchev–Trinajstić information content (AvgIpc) is 2.34. The Kier molecular flexibility index (Phi) is 4.10. The van der Waals surface area contributed by atoms with Crippen molar-refractivity contribution in [1.29, 1.82) is 0 Å². The first-order valence-corrected chi connectivity index (χ1v) is 6.17. The maximum Gasteiger partial charge on any atom is 0.0628 e. The summed E-state index contributed by atoms with van der Waals surface area (Å²) in [5.41, 5.74) is 1.15. The van der Waals surface area contributed by atoms with Crippen molar-refractivity contribution in [2.24, 2.45) is 0 Å². The summed E-state index contributed by atoms with van der Waals surface area (Å²) in [6.07, 6.45) is 3.58. The molecule has 1 aromatic heterocycles. The molecule has 94 valence electrons. The van der Waals surface area contributed by atoms with Crippen molar-refractivity contribution in [2.45, 2.75) is 19.0 Å². The van der Waals surface area contributed by atoms with E-state index in [1.165, 1.54) is 0 Å². The van der Waals surface area contributed by atoms with E-state index >= 15 is 0 Å². The lowest BCUT2D eigenvalue weighted by atomic mass is 10.0. The lowest BCUT2D eigenvalue weighted by Gasteiger charge is -2.42. The summed E-state index contributed by atoms with van der Waals surface area (Å²) in [4.78, 5) is 8.75. The molecular weight excluding hydrogens is 214 g/mol. The van der Waals surface area contributed by atoms with Crippen molar-refractivity contribution >= 4 is 0 Å². The van der Waals surface area contributed by atoms with E-state index in [1.807, 2.05) is 12.1 Å². The summed E-state index contributed by atoms with van der Waals surface area (Å²) in [6.45, 7) is 5.51. The van der Waals surface area contributed by atoms with Gasteiger partial charge in [-0.1, -0.05) is 0 Å². The molecule has 0 saturated carbocycles. The number of aliphatic hydroxyl groups excluding tert-OH is 1. The van der Waals surface area contributed by atoms with Gasteiger partial charge < -0.3 is 10.0 Å². The molecular formula is C13H21N3O. The molecule has 0 aromatic carbocycles. The number of pyridine rings is 1. The smallest absolute Gasteiger partial charge is 0.0628 e. The molecule has 1 aliphatic rings. The van der Waals surface area contributed by atoms with Crippen molar-refractivity contribution in [3.05, 3.63) is 30.1 Å². The molecule has 2 unspecified atom stereocenters. The molecule has 2 heterocycles. The molecule has 0 spiro atoms. The van der Waals surface area contributed by atoms with E-state index < -0.39 is 0 Å². The largest absolute Gasteiger partial charge is 0.394 e. The zero-order valence-electron chi connectivity index (χ0n) is 10.6. The van der Waals surface area contributed by atoms with Gasteiger partial charge in [-0.2, -0.15) is 0 Å². The molecule has 1 fully saturated rings. The van der Waals surface area contributed by atoms with Crippen molar-refractivity contribution < 1.29 is 5.11 Å². The lowest BCUT2D eigenvalue weighted by molar-refractivity contribution is 0.0341. The van der Waals surface area contributed by atoms with Crippen LogP contribution in [0.3, 0.4) is 0 Å². The van der Waals surface area contributed by atoms with Crippen LogP contribution in [0.5, 0.6) is 0 Å². The number of rotatable bonds is 3. The molecule has 1 aliphatic heterocycles. The predicted octanol–water partition coefficient (Wildman–Crippen LogP) is 0.751. The van der Waals surface area contributed by atoms with Crippen LogP contribution in [0, 0.1) is 0 Å². The fourth-order valence-corrected chi connectivity index (χ4v) is 2.60. The van der Waals surface area contributed by atoms with Gasteiger partial charge in [-0.3, -0.25) is 9.88 Å². The Morgan fingerprint density at radius 1 is 1.41 bits per heavy atom. The van der Waals surface area contributed by atoms with E-state index in [9.17, 15) is 5.11 Å². The van der Waals surface area contributed by atoms with Gasteiger partial charge in [0, 0.05) is 38.1 Å². The second kappa shape index (κ2) is 5.58. The van der Waals surface area contributed by atoms with Crippen LogP contribution in [0.25, 0.3) is 0 Å². The van der Waals surface area contributed by atoms with Gasteiger partial charge in [0.1, 0.15) is 0 Å². The second-order valence-electron chi connectivity index (χ2n) is 4.83. The summed E-state index contributed by atoms with van der Waals surface area (Å²) in [6, 6.07) is 4.55. The monoisotopic (exact) mass is 235 g/mol. The summed E-state index contributed by atoms with van der Waals surface area (Å²) in [7, 11) is 2.15. The number of aliphatic hydroxyl groups is 1. The fraction of sp³-hybridized carbons (Fsp3) is 0.615. The van der Waals surface area contributed by atoms with Crippen LogP contribution < -0.4 is 0 Å². The van der Waals surface area contributed by atoms with Gasteiger partial charge in [0.05, 0.1) is 12.6 Å². The Morgan fingerprint density at radius 2 is 2.12 bits per heavy atom. The molecule has 1 N–H and O–H groups in total. The predicted molar refractivity (Wildman–Crippen MR) is 67.7 cm³/mol. The number of nitrogens with zero attached hydrogens (tertiary/aromatic N) is 3. The zero-order valence-corrected chi connectivity index (χ0v) is 10.6. The minimum Gasteiger partial charge on any atom is -0.394 e. The van der Waals surface area contributed by atoms with Crippen LogP contribution in [0.4, 0.5) is 0 Å². The standard InChI is InChI=1S/C13H21N3O/c1-11-9-15(2)7-8-16(11)13(10-17)12-3-5-14-6-4-12/h3-6,11,13,17H,7-10H2,1-2H3. The third-order valence-electron chi connectivity index (χ3n) is 3.55. The topological polar surface area (TPSA) is 39.6 Å². The summed E-state index contributed by atoms with van der Waals surface area (Å²) in [5, 5.41) is 9.64. The summed E-state index contributed by atoms with van der Waals surface area (Å²) in [5.74, 6) is 0. The molecule has 0 aliphatic carbocycles. The molecule has 1 aromatic rings. The van der Waals surface area contributed by atoms with Crippen LogP contribution in [0.1, 0.15) is 18.5 Å². The van der Waals surface area contributed by atoms with Gasteiger partial charge in [-0.15, -0.1) is 0 Å². The minimum atomic E-state index is 0.0988. The highest BCUT2D eigenvalue weighted by Crippen LogP contribution is 2.24. The van der Waals surface area contributed by atoms with E-state index in [1.54, 1.807) is 12.4 Å². The first-order valence-electron chi connectivity index (χ1n) is 6.17. The average molecular weight is 235 g/mol. The van der Waals surface area contributed by atoms with E-state index in [-0.39, 0.29) is 12.6 Å². The highest BCUT2D eigenvalue weighted by molar-refractivity contribution is 5.16. The van der Waals surface area contributed by atoms with Crippen molar-refractivity contribution in [3.63, 3.8) is 0 Å². The molecule has 1 saturated heterocycles. The maximum absolute atomic E-state index is 9.64. The number of likely N-dealkylation sites (N-methyl/N-ethyl adjacent to an activating group) is 1. The molecule has 0 bridgehead atoms. The molecule has 17 heavy (non-hydrogen) atoms. The van der Waals surface area contributed by atoms with Gasteiger partial charge in [0.15, 0.2) is 0 Å². The highest BCUT2D eigenvalue weighted by atomic mass is 16.3. The lowest BCUT2D eigenvalue weighted by Crippen LogP contribution is -2.52. The Bertz CT molecular complexity index is 344. The van der Waals surface area contributed by atoms with Crippen LogP contribution in [0.2, 0.25) is 0 Å². The zero-order chi connectivity index (χ0) is 12.3. The quantitative estimate of drug-likeness (QED) is 0.839. The number of aromatic nitrogens is 1. The van der Waals surface area contributed by atoms with Crippen LogP contribution >= 0.6 is 0 Å². The molecule has 4 heteroatoms. The molecule has 2 atom stereocenters. The van der Waals surface area contributed by atoms with E-state index in [4.69, 9.17) is 0 Å². The van der Waals surface area contributed by atoms with Gasteiger partial charge in [-0.05, 0) is 31.7 Å². The van der Waals surface area contributed by atoms with E-state index in [2.05, 4.69) is 28.8 Å². The van der Waals surface area contributed by atoms with Gasteiger partial charge in [0.25, 0.3) is 0 Å². The summed E-state index contributed by atoms with van der Waals surface area (Å²) < 4.78 is 0. The van der Waals surface area contributed by atoms with Crippen molar-refractivity contribution in [2.75, 3.05) is 33.3 Å². The Morgan fingerprint density at radius 3 is 2.71 bits per heavy atom. The number of hydrogen-bond donors (Lipinski definition) is 1. The first-order chi connectivity index (χ1) is 8.22. The third-order valence-corrected chi connectivity index (χ3v) is 3.55. The van der Waals surface area contributed by atoms with Gasteiger partial charge in [0.2, 0.25) is 0 Å². The Labute approximate surface area is 103 Å². The molecule has 0 radical (unpaired) electrons. The first kappa shape index (κ1) is 12.5. The number of hydrogen-bond acceptors (Lipinski definition) is 4. The van der Waals surface area contributed by atoms with Crippen molar-refractivity contribution in [3.8, 4) is 0 Å². The highest BCUT2D eigenvalue weighted by Gasteiger charge is 2.28. The minimum absolute atomic E-state index is 0.0988. The van der Waals surface area contributed by atoms with Gasteiger partial charge >= 0.3 is 0 Å². The van der Waals surface area contributed by atoms with Crippen molar-refractivity contribution in [1.82, 2.24) is 14.8 Å². The Hall–Kier alpha value is -0.970. The molecule has 0 amide bonds. The molecule has 2 rings (SSSR count). The fourth-order valence-electron chi connectivity index (χ4n) is 2.60. The van der Waals surface area contributed by atoms with Gasteiger partial charge in [-0.25, -0.2) is 0 Å². The normalized spacial score (nSPS) is 24.8. The van der Waals surface area contributed by atoms with E-state index in [0.29, 0.717) is 6.04 Å². The SMILES string of the molecule is CC1CN(C)CCN1C(CO)c1ccncc1. The Balaban J connectivity index is 2.13. The van der Waals surface area contributed by atoms with Crippen LogP contribution in [0.15, 0.2) is 24.5 Å². The molecule has 4 nitrogen and oxygen atoms in total.